The lowest BCUT2D eigenvalue weighted by atomic mass is 9.83. The Bertz CT molecular complexity index is 448. The van der Waals surface area contributed by atoms with E-state index in [9.17, 15) is 9.59 Å². The first-order chi connectivity index (χ1) is 10.2. The molecule has 21 heavy (non-hydrogen) atoms. The molecule has 2 fully saturated rings. The molecule has 2 saturated carbocycles. The van der Waals surface area contributed by atoms with Crippen molar-refractivity contribution in [3.05, 3.63) is 12.2 Å². The van der Waals surface area contributed by atoms with Gasteiger partial charge in [0, 0.05) is 11.8 Å². The summed E-state index contributed by atoms with van der Waals surface area (Å²) in [5.41, 5.74) is -0.108. The number of fused-ring (bicyclic) bond motifs is 2. The minimum absolute atomic E-state index is 0.0263. The standard InChI is InChI=1S/C17H24O4/c1-2-17(8-4-3-5-9-17)21-11-20-16(19)14-10-12-6-7-13(14)15(12)18/h6-7,12-14H,2-5,8-11H2,1H3. The van der Waals surface area contributed by atoms with Gasteiger partial charge in [-0.15, -0.1) is 0 Å². The molecule has 0 aliphatic heterocycles. The Balaban J connectivity index is 1.48. The maximum Gasteiger partial charge on any atom is 0.312 e. The van der Waals surface area contributed by atoms with Crippen LogP contribution in [0.5, 0.6) is 0 Å². The van der Waals surface area contributed by atoms with E-state index in [-0.39, 0.29) is 41.9 Å². The van der Waals surface area contributed by atoms with Gasteiger partial charge in [-0.3, -0.25) is 9.59 Å². The zero-order valence-corrected chi connectivity index (χ0v) is 12.7. The molecule has 3 aliphatic rings. The van der Waals surface area contributed by atoms with Crippen molar-refractivity contribution < 1.29 is 19.1 Å². The van der Waals surface area contributed by atoms with Gasteiger partial charge in [-0.05, 0) is 25.7 Å². The average Bonchev–Trinajstić information content (AvgIpc) is 3.03. The molecule has 0 aromatic carbocycles. The van der Waals surface area contributed by atoms with E-state index in [2.05, 4.69) is 6.92 Å². The second-order valence-corrected chi connectivity index (χ2v) is 6.58. The molecule has 0 heterocycles. The largest absolute Gasteiger partial charge is 0.438 e. The van der Waals surface area contributed by atoms with Gasteiger partial charge in [-0.2, -0.15) is 0 Å². The third-order valence-corrected chi connectivity index (χ3v) is 5.46. The maximum atomic E-state index is 12.1. The molecule has 0 spiro atoms. The van der Waals surface area contributed by atoms with Crippen LogP contribution in [-0.2, 0) is 19.1 Å². The number of rotatable bonds is 5. The van der Waals surface area contributed by atoms with E-state index in [0.29, 0.717) is 6.42 Å². The number of carbonyl (C=O) groups excluding carboxylic acids is 2. The summed E-state index contributed by atoms with van der Waals surface area (Å²) >= 11 is 0. The van der Waals surface area contributed by atoms with Crippen LogP contribution in [0, 0.1) is 17.8 Å². The fourth-order valence-corrected chi connectivity index (χ4v) is 4.00. The molecule has 3 unspecified atom stereocenters. The first-order valence-corrected chi connectivity index (χ1v) is 8.18. The van der Waals surface area contributed by atoms with Gasteiger partial charge in [0.25, 0.3) is 0 Å². The Morgan fingerprint density at radius 3 is 2.62 bits per heavy atom. The predicted molar refractivity (Wildman–Crippen MR) is 77.4 cm³/mol. The first kappa shape index (κ1) is 14.8. The summed E-state index contributed by atoms with van der Waals surface area (Å²) in [4.78, 5) is 23.9. The Labute approximate surface area is 125 Å². The van der Waals surface area contributed by atoms with Gasteiger partial charge in [0.2, 0.25) is 0 Å². The molecule has 0 aromatic rings. The summed E-state index contributed by atoms with van der Waals surface area (Å²) in [6, 6.07) is 0. The number of esters is 1. The van der Waals surface area contributed by atoms with E-state index in [4.69, 9.17) is 9.47 Å². The zero-order chi connectivity index (χ0) is 14.9. The number of carbonyl (C=O) groups is 2. The third-order valence-electron chi connectivity index (χ3n) is 5.46. The van der Waals surface area contributed by atoms with Crippen molar-refractivity contribution >= 4 is 11.8 Å². The molecule has 2 bridgehead atoms. The molecule has 116 valence electrons. The third kappa shape index (κ3) is 2.78. The normalized spacial score (nSPS) is 33.4. The molecule has 0 amide bonds. The lowest BCUT2D eigenvalue weighted by Gasteiger charge is -2.36. The number of Topliss-reactive ketones (excluding diaryl/α,β-unsaturated/α-hetero) is 1. The molecular formula is C17H24O4. The van der Waals surface area contributed by atoms with Gasteiger partial charge in [0.05, 0.1) is 11.5 Å². The van der Waals surface area contributed by atoms with Crippen LogP contribution < -0.4 is 0 Å². The highest BCUT2D eigenvalue weighted by atomic mass is 16.7. The highest BCUT2D eigenvalue weighted by molar-refractivity contribution is 5.96. The topological polar surface area (TPSA) is 52.6 Å². The molecule has 4 nitrogen and oxygen atoms in total. The minimum atomic E-state index is -0.292. The van der Waals surface area contributed by atoms with Crippen molar-refractivity contribution in [1.82, 2.24) is 0 Å². The van der Waals surface area contributed by atoms with Gasteiger partial charge in [-0.1, -0.05) is 38.3 Å². The van der Waals surface area contributed by atoms with Gasteiger partial charge < -0.3 is 9.47 Å². The molecule has 0 saturated heterocycles. The average molecular weight is 292 g/mol. The fourth-order valence-electron chi connectivity index (χ4n) is 4.00. The Hall–Kier alpha value is -1.16. The summed E-state index contributed by atoms with van der Waals surface area (Å²) in [5, 5.41) is 0. The molecule has 3 rings (SSSR count). The van der Waals surface area contributed by atoms with Gasteiger partial charge in [0.15, 0.2) is 6.79 Å². The number of ketones is 1. The summed E-state index contributed by atoms with van der Waals surface area (Å²) in [6.07, 6.45) is 11.1. The lowest BCUT2D eigenvalue weighted by Crippen LogP contribution is -2.36. The summed E-state index contributed by atoms with van der Waals surface area (Å²) < 4.78 is 11.2. The van der Waals surface area contributed by atoms with Crippen molar-refractivity contribution in [2.45, 2.75) is 57.5 Å². The Morgan fingerprint density at radius 1 is 1.29 bits per heavy atom. The molecule has 4 heteroatoms. The van der Waals surface area contributed by atoms with Crippen LogP contribution in [0.4, 0.5) is 0 Å². The highest BCUT2D eigenvalue weighted by Gasteiger charge is 2.47. The molecule has 0 N–H and O–H groups in total. The van der Waals surface area contributed by atoms with E-state index >= 15 is 0 Å². The van der Waals surface area contributed by atoms with E-state index in [1.54, 1.807) is 0 Å². The SMILES string of the molecule is CCC1(OCOC(=O)C2CC3C=CC2C3=O)CCCCC1. The quantitative estimate of drug-likeness (QED) is 0.444. The van der Waals surface area contributed by atoms with Gasteiger partial charge >= 0.3 is 5.97 Å². The number of allylic oxidation sites excluding steroid dienone is 2. The van der Waals surface area contributed by atoms with Gasteiger partial charge in [-0.25, -0.2) is 0 Å². The van der Waals surface area contributed by atoms with Crippen LogP contribution in [0.2, 0.25) is 0 Å². The predicted octanol–water partition coefficient (Wildman–Crippen LogP) is 3.01. The number of hydrogen-bond acceptors (Lipinski definition) is 4. The lowest BCUT2D eigenvalue weighted by molar-refractivity contribution is -0.183. The van der Waals surface area contributed by atoms with E-state index in [0.717, 1.165) is 19.3 Å². The summed E-state index contributed by atoms with van der Waals surface area (Å²) in [5.74, 6) is -0.705. The summed E-state index contributed by atoms with van der Waals surface area (Å²) in [7, 11) is 0. The van der Waals surface area contributed by atoms with Crippen LogP contribution in [0.15, 0.2) is 12.2 Å². The smallest absolute Gasteiger partial charge is 0.312 e. The highest BCUT2D eigenvalue weighted by Crippen LogP contribution is 2.41. The molecule has 0 radical (unpaired) electrons. The van der Waals surface area contributed by atoms with Crippen molar-refractivity contribution in [3.8, 4) is 0 Å². The van der Waals surface area contributed by atoms with Crippen LogP contribution in [0.25, 0.3) is 0 Å². The van der Waals surface area contributed by atoms with E-state index in [1.807, 2.05) is 12.2 Å². The van der Waals surface area contributed by atoms with Crippen molar-refractivity contribution in [3.63, 3.8) is 0 Å². The Kier molecular flexibility index (Phi) is 4.16. The minimum Gasteiger partial charge on any atom is -0.438 e. The van der Waals surface area contributed by atoms with Crippen LogP contribution >= 0.6 is 0 Å². The molecular weight excluding hydrogens is 268 g/mol. The molecule has 3 atom stereocenters. The molecule has 3 aliphatic carbocycles. The fraction of sp³-hybridized carbons (Fsp3) is 0.765. The van der Waals surface area contributed by atoms with Crippen molar-refractivity contribution in [2.75, 3.05) is 6.79 Å². The second kappa shape index (κ2) is 5.91. The van der Waals surface area contributed by atoms with Crippen molar-refractivity contribution in [1.29, 1.82) is 0 Å². The maximum absolute atomic E-state index is 12.1. The van der Waals surface area contributed by atoms with Crippen LogP contribution in [0.3, 0.4) is 0 Å². The first-order valence-electron chi connectivity index (χ1n) is 8.18. The second-order valence-electron chi connectivity index (χ2n) is 6.58. The molecule has 0 aromatic heterocycles. The van der Waals surface area contributed by atoms with Gasteiger partial charge in [0.1, 0.15) is 5.78 Å². The van der Waals surface area contributed by atoms with Crippen molar-refractivity contribution in [2.24, 2.45) is 17.8 Å². The van der Waals surface area contributed by atoms with E-state index < -0.39 is 0 Å². The van der Waals surface area contributed by atoms with Crippen LogP contribution in [-0.4, -0.2) is 24.1 Å². The monoisotopic (exact) mass is 292 g/mol. The number of hydrogen-bond donors (Lipinski definition) is 0. The zero-order valence-electron chi connectivity index (χ0n) is 12.7. The van der Waals surface area contributed by atoms with E-state index in [1.165, 1.54) is 19.3 Å². The van der Waals surface area contributed by atoms with Crippen LogP contribution in [0.1, 0.15) is 51.9 Å². The number of ether oxygens (including phenoxy) is 2. The Morgan fingerprint density at radius 2 is 2.05 bits per heavy atom. The summed E-state index contributed by atoms with van der Waals surface area (Å²) in [6.45, 7) is 2.16.